The summed E-state index contributed by atoms with van der Waals surface area (Å²) in [7, 11) is 1.50. The van der Waals surface area contributed by atoms with Gasteiger partial charge < -0.3 is 0 Å². The topological polar surface area (TPSA) is 38.3 Å². The molecule has 0 aromatic carbocycles. The van der Waals surface area contributed by atoms with E-state index >= 15 is 0 Å². The maximum Gasteiger partial charge on any atom is 0.180 e. The second-order valence-electron chi connectivity index (χ2n) is 2.46. The molecule has 0 amide bonds. The summed E-state index contributed by atoms with van der Waals surface area (Å²) in [6.07, 6.45) is 8.13. The molecule has 13 heavy (non-hydrogen) atoms. The van der Waals surface area contributed by atoms with Crippen LogP contribution < -0.4 is 5.48 Å². The molecule has 1 rings (SSSR count). The van der Waals surface area contributed by atoms with Gasteiger partial charge in [-0.05, 0) is 12.2 Å². The fourth-order valence-corrected chi connectivity index (χ4v) is 1.01. The van der Waals surface area contributed by atoms with Gasteiger partial charge in [-0.25, -0.2) is 0 Å². The van der Waals surface area contributed by atoms with Crippen molar-refractivity contribution in [2.24, 2.45) is 0 Å². The summed E-state index contributed by atoms with van der Waals surface area (Å²) < 4.78 is 0. The number of ketones is 1. The molecule has 0 fully saturated rings. The van der Waals surface area contributed by atoms with E-state index < -0.39 is 0 Å². The largest absolute Gasteiger partial charge is 0.290 e. The fourth-order valence-electron chi connectivity index (χ4n) is 1.01. The van der Waals surface area contributed by atoms with Gasteiger partial charge in [0.15, 0.2) is 5.78 Å². The third-order valence-electron chi connectivity index (χ3n) is 1.53. The molecular formula is C10H11NO2. The van der Waals surface area contributed by atoms with Gasteiger partial charge in [0.05, 0.1) is 12.8 Å². The van der Waals surface area contributed by atoms with E-state index in [0.29, 0.717) is 5.70 Å². The van der Waals surface area contributed by atoms with E-state index in [-0.39, 0.29) is 5.78 Å². The first kappa shape index (κ1) is 9.48. The van der Waals surface area contributed by atoms with Crippen LogP contribution >= 0.6 is 0 Å². The second kappa shape index (κ2) is 4.42. The van der Waals surface area contributed by atoms with Gasteiger partial charge in [0.25, 0.3) is 0 Å². The van der Waals surface area contributed by atoms with Crippen molar-refractivity contribution in [3.8, 4) is 0 Å². The van der Waals surface area contributed by atoms with Crippen LogP contribution in [-0.4, -0.2) is 12.9 Å². The van der Waals surface area contributed by atoms with Crippen molar-refractivity contribution < 1.29 is 9.63 Å². The Morgan fingerprint density at radius 1 is 1.54 bits per heavy atom. The normalized spacial score (nSPS) is 18.7. The molecule has 0 aromatic rings. The standard InChI is InChI=1S/C10H11NO2/c1-3-4-8-5-6-9(12)7-10(8)11-13-2/h3-7,11H,1H2,2H3/b8-4-. The third-order valence-corrected chi connectivity index (χ3v) is 1.53. The zero-order valence-corrected chi connectivity index (χ0v) is 7.41. The Kier molecular flexibility index (Phi) is 3.23. The Hall–Kier alpha value is -1.61. The van der Waals surface area contributed by atoms with Crippen molar-refractivity contribution in [2.75, 3.05) is 7.11 Å². The Labute approximate surface area is 77.0 Å². The predicted molar refractivity (Wildman–Crippen MR) is 50.7 cm³/mol. The summed E-state index contributed by atoms with van der Waals surface area (Å²) in [5, 5.41) is 0. The molecule has 1 aliphatic carbocycles. The van der Waals surface area contributed by atoms with Crippen molar-refractivity contribution >= 4 is 5.78 Å². The van der Waals surface area contributed by atoms with Crippen LogP contribution in [0.3, 0.4) is 0 Å². The maximum absolute atomic E-state index is 11.0. The predicted octanol–water partition coefficient (Wildman–Crippen LogP) is 1.27. The molecule has 3 nitrogen and oxygen atoms in total. The van der Waals surface area contributed by atoms with E-state index in [1.807, 2.05) is 0 Å². The van der Waals surface area contributed by atoms with Gasteiger partial charge >= 0.3 is 0 Å². The Morgan fingerprint density at radius 3 is 2.92 bits per heavy atom. The van der Waals surface area contributed by atoms with Crippen LogP contribution in [0.2, 0.25) is 0 Å². The number of allylic oxidation sites excluding steroid dienone is 5. The number of carbonyl (C=O) groups is 1. The van der Waals surface area contributed by atoms with E-state index in [0.717, 1.165) is 5.57 Å². The van der Waals surface area contributed by atoms with Gasteiger partial charge in [0.1, 0.15) is 0 Å². The first-order valence-corrected chi connectivity index (χ1v) is 3.83. The second-order valence-corrected chi connectivity index (χ2v) is 2.46. The van der Waals surface area contributed by atoms with Crippen LogP contribution in [0.1, 0.15) is 0 Å². The fraction of sp³-hybridized carbons (Fsp3) is 0.100. The third kappa shape index (κ3) is 2.42. The van der Waals surface area contributed by atoms with Gasteiger partial charge in [0, 0.05) is 11.6 Å². The molecule has 0 saturated carbocycles. The van der Waals surface area contributed by atoms with Gasteiger partial charge in [-0.3, -0.25) is 15.1 Å². The number of hydrogen-bond acceptors (Lipinski definition) is 3. The molecule has 1 N–H and O–H groups in total. The quantitative estimate of drug-likeness (QED) is 0.660. The minimum atomic E-state index is -0.0548. The molecule has 0 spiro atoms. The molecule has 0 aromatic heterocycles. The Balaban J connectivity index is 2.91. The first-order valence-electron chi connectivity index (χ1n) is 3.83. The van der Waals surface area contributed by atoms with E-state index in [1.165, 1.54) is 19.3 Å². The Morgan fingerprint density at radius 2 is 2.31 bits per heavy atom. The van der Waals surface area contributed by atoms with Crippen LogP contribution in [-0.2, 0) is 9.63 Å². The lowest BCUT2D eigenvalue weighted by atomic mass is 10.1. The zero-order valence-electron chi connectivity index (χ0n) is 7.41. The average molecular weight is 177 g/mol. The van der Waals surface area contributed by atoms with Crippen LogP contribution in [0.25, 0.3) is 0 Å². The summed E-state index contributed by atoms with van der Waals surface area (Å²) in [5.74, 6) is -0.0548. The lowest BCUT2D eigenvalue weighted by molar-refractivity contribution is -0.110. The first-order chi connectivity index (χ1) is 6.27. The van der Waals surface area contributed by atoms with Crippen molar-refractivity contribution in [2.45, 2.75) is 0 Å². The van der Waals surface area contributed by atoms with E-state index in [4.69, 9.17) is 4.84 Å². The van der Waals surface area contributed by atoms with Crippen molar-refractivity contribution in [3.63, 3.8) is 0 Å². The van der Waals surface area contributed by atoms with Crippen LogP contribution in [0.4, 0.5) is 0 Å². The number of nitrogens with one attached hydrogen (secondary N) is 1. The molecule has 0 atom stereocenters. The summed E-state index contributed by atoms with van der Waals surface area (Å²) in [6, 6.07) is 0. The highest BCUT2D eigenvalue weighted by atomic mass is 16.6. The number of hydroxylamine groups is 1. The van der Waals surface area contributed by atoms with E-state index in [9.17, 15) is 4.79 Å². The minimum absolute atomic E-state index is 0.0548. The minimum Gasteiger partial charge on any atom is -0.290 e. The van der Waals surface area contributed by atoms with Gasteiger partial charge in [-0.2, -0.15) is 0 Å². The summed E-state index contributed by atoms with van der Waals surface area (Å²) in [4.78, 5) is 15.7. The van der Waals surface area contributed by atoms with Crippen molar-refractivity contribution in [1.29, 1.82) is 0 Å². The highest BCUT2D eigenvalue weighted by Gasteiger charge is 2.08. The summed E-state index contributed by atoms with van der Waals surface area (Å²) in [5.41, 5.74) is 4.14. The van der Waals surface area contributed by atoms with Crippen LogP contribution in [0, 0.1) is 0 Å². The molecule has 1 aliphatic rings. The highest BCUT2D eigenvalue weighted by molar-refractivity contribution is 6.02. The smallest absolute Gasteiger partial charge is 0.180 e. The van der Waals surface area contributed by atoms with Crippen molar-refractivity contribution in [1.82, 2.24) is 5.48 Å². The molecule has 0 aliphatic heterocycles. The molecule has 3 heteroatoms. The summed E-state index contributed by atoms with van der Waals surface area (Å²) >= 11 is 0. The SMILES string of the molecule is C=C/C=C1/C=CC(=O)C=C1NOC. The lowest BCUT2D eigenvalue weighted by Crippen LogP contribution is -2.16. The number of hydrogen-bond donors (Lipinski definition) is 1. The average Bonchev–Trinajstić information content (AvgIpc) is 2.10. The molecule has 0 unspecified atom stereocenters. The number of carbonyl (C=O) groups excluding carboxylic acids is 1. The monoisotopic (exact) mass is 177 g/mol. The Bertz CT molecular complexity index is 311. The van der Waals surface area contributed by atoms with Gasteiger partial charge in [-0.15, -0.1) is 0 Å². The van der Waals surface area contributed by atoms with Crippen LogP contribution in [0.5, 0.6) is 0 Å². The van der Waals surface area contributed by atoms with Gasteiger partial charge in [0.2, 0.25) is 0 Å². The number of rotatable bonds is 3. The molecule has 68 valence electrons. The molecule has 0 heterocycles. The lowest BCUT2D eigenvalue weighted by Gasteiger charge is -2.11. The summed E-state index contributed by atoms with van der Waals surface area (Å²) in [6.45, 7) is 3.58. The maximum atomic E-state index is 11.0. The molecule has 0 radical (unpaired) electrons. The molecule has 0 saturated heterocycles. The van der Waals surface area contributed by atoms with Crippen LogP contribution in [0.15, 0.2) is 48.2 Å². The van der Waals surface area contributed by atoms with E-state index in [1.54, 1.807) is 18.2 Å². The highest BCUT2D eigenvalue weighted by Crippen LogP contribution is 2.13. The zero-order chi connectivity index (χ0) is 9.68. The molecule has 0 bridgehead atoms. The van der Waals surface area contributed by atoms with E-state index in [2.05, 4.69) is 12.1 Å². The van der Waals surface area contributed by atoms with Crippen molar-refractivity contribution in [3.05, 3.63) is 48.2 Å². The molecular weight excluding hydrogens is 166 g/mol. The van der Waals surface area contributed by atoms with Gasteiger partial charge in [-0.1, -0.05) is 18.7 Å².